The van der Waals surface area contributed by atoms with Gasteiger partial charge in [0.25, 0.3) is 0 Å². The quantitative estimate of drug-likeness (QED) is 0.750. The first-order chi connectivity index (χ1) is 11.1. The fourth-order valence-corrected chi connectivity index (χ4v) is 3.88. The zero-order chi connectivity index (χ0) is 16.2. The van der Waals surface area contributed by atoms with Crippen LogP contribution in [0.25, 0.3) is 0 Å². The van der Waals surface area contributed by atoms with E-state index in [0.29, 0.717) is 12.6 Å². The predicted molar refractivity (Wildman–Crippen MR) is 88.4 cm³/mol. The average molecular weight is 325 g/mol. The first-order valence-electron chi connectivity index (χ1n) is 9.09. The van der Waals surface area contributed by atoms with Gasteiger partial charge in [0, 0.05) is 52.4 Å². The lowest BCUT2D eigenvalue weighted by atomic mass is 10.2. The van der Waals surface area contributed by atoms with Gasteiger partial charge < -0.3 is 14.4 Å². The topological polar surface area (TPSA) is 45.3 Å². The minimum atomic E-state index is 0.144. The van der Waals surface area contributed by atoms with Crippen LogP contribution in [-0.2, 0) is 14.3 Å². The van der Waals surface area contributed by atoms with E-state index in [4.69, 9.17) is 9.47 Å². The largest absolute Gasteiger partial charge is 0.377 e. The van der Waals surface area contributed by atoms with Crippen molar-refractivity contribution in [1.82, 2.24) is 14.7 Å². The molecule has 3 aliphatic rings. The van der Waals surface area contributed by atoms with Gasteiger partial charge in [0.1, 0.15) is 0 Å². The van der Waals surface area contributed by atoms with E-state index >= 15 is 0 Å². The van der Waals surface area contributed by atoms with Crippen molar-refractivity contribution in [2.45, 2.75) is 45.0 Å². The van der Waals surface area contributed by atoms with Gasteiger partial charge in [-0.2, -0.15) is 0 Å². The van der Waals surface area contributed by atoms with Crippen molar-refractivity contribution in [2.24, 2.45) is 0 Å². The lowest BCUT2D eigenvalue weighted by molar-refractivity contribution is -0.144. The lowest BCUT2D eigenvalue weighted by Gasteiger charge is -2.38. The Hall–Kier alpha value is -0.690. The van der Waals surface area contributed by atoms with E-state index in [2.05, 4.69) is 9.80 Å². The Morgan fingerprint density at radius 1 is 1.04 bits per heavy atom. The van der Waals surface area contributed by atoms with Crippen LogP contribution >= 0.6 is 0 Å². The van der Waals surface area contributed by atoms with E-state index in [9.17, 15) is 4.79 Å². The highest BCUT2D eigenvalue weighted by atomic mass is 16.5. The number of ether oxygens (including phenoxy) is 2. The number of piperazine rings is 1. The maximum Gasteiger partial charge on any atom is 0.236 e. The van der Waals surface area contributed by atoms with Crippen LogP contribution in [0, 0.1) is 0 Å². The van der Waals surface area contributed by atoms with E-state index < -0.39 is 0 Å². The van der Waals surface area contributed by atoms with E-state index in [1.54, 1.807) is 0 Å². The Morgan fingerprint density at radius 3 is 2.30 bits per heavy atom. The van der Waals surface area contributed by atoms with Crippen LogP contribution in [0.1, 0.15) is 26.7 Å². The number of hydrogen-bond donors (Lipinski definition) is 0. The van der Waals surface area contributed by atoms with Crippen LogP contribution in [0.15, 0.2) is 0 Å². The first-order valence-corrected chi connectivity index (χ1v) is 9.09. The monoisotopic (exact) mass is 325 g/mol. The Bertz CT molecular complexity index is 383. The summed E-state index contributed by atoms with van der Waals surface area (Å²) in [6, 6.07) is 0. The Balaban J connectivity index is 1.38. The number of rotatable bonds is 4. The maximum absolute atomic E-state index is 12.5. The molecule has 3 heterocycles. The molecule has 23 heavy (non-hydrogen) atoms. The van der Waals surface area contributed by atoms with Crippen molar-refractivity contribution in [2.75, 3.05) is 59.0 Å². The smallest absolute Gasteiger partial charge is 0.236 e. The Labute approximate surface area is 139 Å². The fraction of sp³-hybridized carbons (Fsp3) is 0.941. The number of morpholine rings is 1. The zero-order valence-corrected chi connectivity index (χ0v) is 14.6. The van der Waals surface area contributed by atoms with Crippen molar-refractivity contribution in [3.8, 4) is 0 Å². The lowest BCUT2D eigenvalue weighted by Crippen LogP contribution is -2.54. The predicted octanol–water partition coefficient (Wildman–Crippen LogP) is 0.419. The molecule has 0 aromatic rings. The number of amides is 1. The normalized spacial score (nSPS) is 34.0. The molecule has 3 saturated heterocycles. The molecular formula is C17H31N3O3. The van der Waals surface area contributed by atoms with Gasteiger partial charge in [-0.05, 0) is 26.7 Å². The van der Waals surface area contributed by atoms with Crippen LogP contribution in [0.5, 0.6) is 0 Å². The second-order valence-corrected chi connectivity index (χ2v) is 7.27. The second kappa shape index (κ2) is 7.92. The van der Waals surface area contributed by atoms with Gasteiger partial charge in [0.05, 0.1) is 24.9 Å². The standard InChI is InChI=1S/C17H31N3O3/c1-14-10-20(11-15(2)23-14)17(21)13-19-7-5-18(6-8-19)12-16-4-3-9-22-16/h14-16H,3-13H2,1-2H3. The molecule has 0 aromatic carbocycles. The number of hydrogen-bond acceptors (Lipinski definition) is 5. The minimum Gasteiger partial charge on any atom is -0.377 e. The summed E-state index contributed by atoms with van der Waals surface area (Å²) >= 11 is 0. The van der Waals surface area contributed by atoms with E-state index in [-0.39, 0.29) is 18.1 Å². The van der Waals surface area contributed by atoms with E-state index in [0.717, 1.165) is 52.4 Å². The first kappa shape index (κ1) is 17.1. The highest BCUT2D eigenvalue weighted by Crippen LogP contribution is 2.15. The van der Waals surface area contributed by atoms with Crippen molar-refractivity contribution in [1.29, 1.82) is 0 Å². The van der Waals surface area contributed by atoms with Gasteiger partial charge in [-0.25, -0.2) is 0 Å². The molecule has 0 bridgehead atoms. The van der Waals surface area contributed by atoms with Crippen molar-refractivity contribution >= 4 is 5.91 Å². The summed E-state index contributed by atoms with van der Waals surface area (Å²) in [6.07, 6.45) is 3.12. The molecule has 3 atom stereocenters. The maximum atomic E-state index is 12.5. The molecule has 6 nitrogen and oxygen atoms in total. The molecule has 3 unspecified atom stereocenters. The highest BCUT2D eigenvalue weighted by molar-refractivity contribution is 5.78. The molecule has 3 fully saturated rings. The third kappa shape index (κ3) is 4.89. The molecule has 0 spiro atoms. The van der Waals surface area contributed by atoms with Gasteiger partial charge in [0.2, 0.25) is 5.91 Å². The Kier molecular flexibility index (Phi) is 5.91. The summed E-state index contributed by atoms with van der Waals surface area (Å²) in [4.78, 5) is 19.3. The van der Waals surface area contributed by atoms with Crippen LogP contribution in [0.3, 0.4) is 0 Å². The van der Waals surface area contributed by atoms with Gasteiger partial charge in [-0.15, -0.1) is 0 Å². The second-order valence-electron chi connectivity index (χ2n) is 7.27. The SMILES string of the molecule is CC1CN(C(=O)CN2CCN(CC3CCCO3)CC2)CC(C)O1. The Morgan fingerprint density at radius 2 is 1.70 bits per heavy atom. The molecule has 0 aromatic heterocycles. The minimum absolute atomic E-state index is 0.144. The summed E-state index contributed by atoms with van der Waals surface area (Å²) in [5.74, 6) is 0.250. The van der Waals surface area contributed by atoms with Crippen LogP contribution in [-0.4, -0.2) is 97.9 Å². The highest BCUT2D eigenvalue weighted by Gasteiger charge is 2.28. The van der Waals surface area contributed by atoms with Crippen molar-refractivity contribution < 1.29 is 14.3 Å². The zero-order valence-electron chi connectivity index (χ0n) is 14.6. The molecule has 0 radical (unpaired) electrons. The number of nitrogens with zero attached hydrogens (tertiary/aromatic N) is 3. The van der Waals surface area contributed by atoms with Crippen LogP contribution in [0.4, 0.5) is 0 Å². The summed E-state index contributed by atoms with van der Waals surface area (Å²) in [5, 5.41) is 0. The summed E-state index contributed by atoms with van der Waals surface area (Å²) in [5.41, 5.74) is 0. The molecule has 0 N–H and O–H groups in total. The van der Waals surface area contributed by atoms with Crippen LogP contribution < -0.4 is 0 Å². The molecule has 1 amide bonds. The third-order valence-electron chi connectivity index (χ3n) is 5.08. The van der Waals surface area contributed by atoms with Gasteiger partial charge in [0.15, 0.2) is 0 Å². The molecule has 132 valence electrons. The van der Waals surface area contributed by atoms with Gasteiger partial charge in [-0.3, -0.25) is 14.6 Å². The molecule has 3 aliphatic heterocycles. The van der Waals surface area contributed by atoms with Crippen molar-refractivity contribution in [3.63, 3.8) is 0 Å². The molecular weight excluding hydrogens is 294 g/mol. The molecule has 0 saturated carbocycles. The van der Waals surface area contributed by atoms with Crippen molar-refractivity contribution in [3.05, 3.63) is 0 Å². The summed E-state index contributed by atoms with van der Waals surface area (Å²) < 4.78 is 11.4. The third-order valence-corrected chi connectivity index (χ3v) is 5.08. The average Bonchev–Trinajstić information content (AvgIpc) is 3.01. The number of carbonyl (C=O) groups excluding carboxylic acids is 1. The molecule has 0 aliphatic carbocycles. The summed E-state index contributed by atoms with van der Waals surface area (Å²) in [7, 11) is 0. The van der Waals surface area contributed by atoms with Crippen LogP contribution in [0.2, 0.25) is 0 Å². The van der Waals surface area contributed by atoms with E-state index in [1.807, 2.05) is 18.7 Å². The summed E-state index contributed by atoms with van der Waals surface area (Å²) in [6.45, 7) is 12.1. The number of carbonyl (C=O) groups is 1. The molecule has 6 heteroatoms. The molecule has 3 rings (SSSR count). The van der Waals surface area contributed by atoms with Gasteiger partial charge in [-0.1, -0.05) is 0 Å². The van der Waals surface area contributed by atoms with Gasteiger partial charge >= 0.3 is 0 Å². The van der Waals surface area contributed by atoms with E-state index in [1.165, 1.54) is 12.8 Å². The fourth-order valence-electron chi connectivity index (χ4n) is 3.88.